The van der Waals surface area contributed by atoms with Crippen molar-refractivity contribution in [1.29, 1.82) is 0 Å². The minimum atomic E-state index is -0.591. The first-order chi connectivity index (χ1) is 9.12. The van der Waals surface area contributed by atoms with Crippen molar-refractivity contribution in [3.63, 3.8) is 0 Å². The number of rotatable bonds is 6. The Hall–Kier alpha value is -1.68. The number of Topliss-reactive ketones (excluding diaryl/α,β-unsaturated/α-hetero) is 1. The molecule has 0 aromatic rings. The molecule has 1 unspecified atom stereocenters. The van der Waals surface area contributed by atoms with E-state index in [1.165, 1.54) is 0 Å². The molecule has 0 aromatic heterocycles. The van der Waals surface area contributed by atoms with Crippen LogP contribution in [0.1, 0.15) is 13.3 Å². The first-order valence-electron chi connectivity index (χ1n) is 6.48. The number of esters is 1. The second-order valence-corrected chi connectivity index (χ2v) is 4.45. The van der Waals surface area contributed by atoms with Gasteiger partial charge in [-0.15, -0.1) is 0 Å². The van der Waals surface area contributed by atoms with Gasteiger partial charge < -0.3 is 4.74 Å². The highest BCUT2D eigenvalue weighted by atomic mass is 16.5. The van der Waals surface area contributed by atoms with Crippen LogP contribution in [0.3, 0.4) is 0 Å². The van der Waals surface area contributed by atoms with Crippen LogP contribution in [0.2, 0.25) is 0 Å². The lowest BCUT2D eigenvalue weighted by Gasteiger charge is -2.29. The molecule has 0 amide bonds. The van der Waals surface area contributed by atoms with Gasteiger partial charge in [-0.05, 0) is 18.9 Å². The first-order valence-corrected chi connectivity index (χ1v) is 6.48. The predicted molar refractivity (Wildman–Crippen MR) is 74.7 cm³/mol. The van der Waals surface area contributed by atoms with Gasteiger partial charge in [0.05, 0.1) is 13.2 Å². The minimum absolute atomic E-state index is 0.0632. The zero-order valence-electron chi connectivity index (χ0n) is 11.4. The lowest BCUT2D eigenvalue weighted by Crippen LogP contribution is -2.44. The fourth-order valence-corrected chi connectivity index (χ4v) is 2.10. The van der Waals surface area contributed by atoms with E-state index in [0.717, 1.165) is 5.57 Å². The van der Waals surface area contributed by atoms with E-state index < -0.39 is 11.9 Å². The molecular weight excluding hydrogens is 242 g/mol. The molecular formula is C15H21NO3. The summed E-state index contributed by atoms with van der Waals surface area (Å²) >= 11 is 0. The Bertz CT molecular complexity index is 398. The summed E-state index contributed by atoms with van der Waals surface area (Å²) in [5.41, 5.74) is 1.01. The number of likely N-dealkylation sites (tertiary alicyclic amines) is 1. The predicted octanol–water partition coefficient (Wildman–Crippen LogP) is 1.74. The van der Waals surface area contributed by atoms with Crippen molar-refractivity contribution in [2.75, 3.05) is 26.2 Å². The topological polar surface area (TPSA) is 46.6 Å². The summed E-state index contributed by atoms with van der Waals surface area (Å²) in [4.78, 5) is 25.5. The van der Waals surface area contributed by atoms with E-state index in [4.69, 9.17) is 4.74 Å². The van der Waals surface area contributed by atoms with E-state index in [1.54, 1.807) is 19.1 Å². The van der Waals surface area contributed by atoms with Gasteiger partial charge >= 0.3 is 5.97 Å². The summed E-state index contributed by atoms with van der Waals surface area (Å²) < 4.78 is 4.91. The average molecular weight is 263 g/mol. The van der Waals surface area contributed by atoms with Crippen molar-refractivity contribution in [2.24, 2.45) is 5.92 Å². The Morgan fingerprint density at radius 1 is 1.53 bits per heavy atom. The zero-order chi connectivity index (χ0) is 14.3. The molecule has 1 saturated heterocycles. The first kappa shape index (κ1) is 15.4. The third kappa shape index (κ3) is 4.48. The highest BCUT2D eigenvalue weighted by molar-refractivity contribution is 6.00. The van der Waals surface area contributed by atoms with Gasteiger partial charge in [0.2, 0.25) is 0 Å². The molecule has 0 spiro atoms. The summed E-state index contributed by atoms with van der Waals surface area (Å²) in [6.07, 6.45) is 5.85. The number of ketones is 1. The van der Waals surface area contributed by atoms with E-state index in [9.17, 15) is 9.59 Å². The molecule has 0 N–H and O–H groups in total. The third-order valence-electron chi connectivity index (χ3n) is 3.07. The van der Waals surface area contributed by atoms with Gasteiger partial charge in [-0.2, -0.15) is 0 Å². The number of piperidine rings is 1. The molecule has 19 heavy (non-hydrogen) atoms. The molecule has 0 bridgehead atoms. The van der Waals surface area contributed by atoms with Gasteiger partial charge in [0.1, 0.15) is 5.92 Å². The maximum Gasteiger partial charge on any atom is 0.316 e. The lowest BCUT2D eigenvalue weighted by atomic mass is 9.95. The Balaban J connectivity index is 2.56. The van der Waals surface area contributed by atoms with Gasteiger partial charge in [-0.3, -0.25) is 14.5 Å². The Kier molecular flexibility index (Phi) is 6.22. The Labute approximate surface area is 114 Å². The summed E-state index contributed by atoms with van der Waals surface area (Å²) in [5.74, 6) is -1.05. The minimum Gasteiger partial charge on any atom is -0.465 e. The Morgan fingerprint density at radius 3 is 2.79 bits per heavy atom. The Morgan fingerprint density at radius 2 is 2.26 bits per heavy atom. The number of ether oxygens (including phenoxy) is 1. The summed E-state index contributed by atoms with van der Waals surface area (Å²) in [6.45, 7) is 11.1. The number of carbonyl (C=O) groups is 2. The number of allylic oxidation sites excluding steroid dienone is 2. The van der Waals surface area contributed by atoms with Crippen molar-refractivity contribution in [2.45, 2.75) is 13.3 Å². The largest absolute Gasteiger partial charge is 0.465 e. The van der Waals surface area contributed by atoms with E-state index in [-0.39, 0.29) is 12.3 Å². The van der Waals surface area contributed by atoms with Crippen molar-refractivity contribution in [3.05, 3.63) is 37.0 Å². The fourth-order valence-electron chi connectivity index (χ4n) is 2.10. The molecule has 4 nitrogen and oxygen atoms in total. The van der Waals surface area contributed by atoms with E-state index in [2.05, 4.69) is 13.2 Å². The van der Waals surface area contributed by atoms with Crippen LogP contribution < -0.4 is 0 Å². The number of carbonyl (C=O) groups excluding carboxylic acids is 2. The molecule has 4 heteroatoms. The standard InChI is InChI=1S/C15H21NO3/c1-4-7-12(5-2)10-16-9-8-13(14(17)11-16)15(18)19-6-3/h4-5,7,13H,1-2,6,8-11H2,3H3/b12-7+. The third-order valence-corrected chi connectivity index (χ3v) is 3.07. The molecule has 0 radical (unpaired) electrons. The van der Waals surface area contributed by atoms with E-state index >= 15 is 0 Å². The van der Waals surface area contributed by atoms with Crippen LogP contribution in [0, 0.1) is 5.92 Å². The summed E-state index contributed by atoms with van der Waals surface area (Å²) in [5, 5.41) is 0. The normalized spacial score (nSPS) is 21.0. The number of hydrogen-bond donors (Lipinski definition) is 0. The molecule has 1 aliphatic rings. The second-order valence-electron chi connectivity index (χ2n) is 4.45. The maximum atomic E-state index is 11.9. The lowest BCUT2D eigenvalue weighted by molar-refractivity contribution is -0.153. The number of nitrogens with zero attached hydrogens (tertiary/aromatic N) is 1. The van der Waals surface area contributed by atoms with Crippen molar-refractivity contribution < 1.29 is 14.3 Å². The smallest absolute Gasteiger partial charge is 0.316 e. The van der Waals surface area contributed by atoms with Gasteiger partial charge in [0, 0.05) is 13.1 Å². The SMILES string of the molecule is C=C/C=C(\C=C)CN1CCC(C(=O)OCC)C(=O)C1. The van der Waals surface area contributed by atoms with Crippen LogP contribution in [-0.4, -0.2) is 42.9 Å². The van der Waals surface area contributed by atoms with Crippen LogP contribution in [0.15, 0.2) is 37.0 Å². The molecule has 1 atom stereocenters. The van der Waals surface area contributed by atoms with Gasteiger partial charge in [-0.1, -0.05) is 31.4 Å². The molecule has 0 aliphatic carbocycles. The summed E-state index contributed by atoms with van der Waals surface area (Å²) in [6, 6.07) is 0. The molecule has 0 saturated carbocycles. The zero-order valence-corrected chi connectivity index (χ0v) is 11.4. The van der Waals surface area contributed by atoms with Crippen LogP contribution in [0.4, 0.5) is 0 Å². The van der Waals surface area contributed by atoms with Gasteiger partial charge in [-0.25, -0.2) is 0 Å². The van der Waals surface area contributed by atoms with Crippen LogP contribution in [-0.2, 0) is 14.3 Å². The second kappa shape index (κ2) is 7.69. The maximum absolute atomic E-state index is 11.9. The quantitative estimate of drug-likeness (QED) is 0.416. The van der Waals surface area contributed by atoms with Crippen molar-refractivity contribution in [1.82, 2.24) is 4.90 Å². The van der Waals surface area contributed by atoms with Crippen molar-refractivity contribution in [3.8, 4) is 0 Å². The van der Waals surface area contributed by atoms with Crippen LogP contribution in [0.25, 0.3) is 0 Å². The van der Waals surface area contributed by atoms with Crippen LogP contribution >= 0.6 is 0 Å². The number of hydrogen-bond acceptors (Lipinski definition) is 4. The fraction of sp³-hybridized carbons (Fsp3) is 0.467. The van der Waals surface area contributed by atoms with Crippen molar-refractivity contribution >= 4 is 11.8 Å². The summed E-state index contributed by atoms with van der Waals surface area (Å²) in [7, 11) is 0. The van der Waals surface area contributed by atoms with E-state index in [1.807, 2.05) is 11.0 Å². The van der Waals surface area contributed by atoms with Gasteiger partial charge in [0.25, 0.3) is 0 Å². The monoisotopic (exact) mass is 263 g/mol. The molecule has 0 aromatic carbocycles. The highest BCUT2D eigenvalue weighted by Gasteiger charge is 2.33. The van der Waals surface area contributed by atoms with Crippen LogP contribution in [0.5, 0.6) is 0 Å². The van der Waals surface area contributed by atoms with Gasteiger partial charge in [0.15, 0.2) is 5.78 Å². The molecule has 1 heterocycles. The molecule has 1 fully saturated rings. The highest BCUT2D eigenvalue weighted by Crippen LogP contribution is 2.17. The average Bonchev–Trinajstić information content (AvgIpc) is 2.38. The molecule has 1 aliphatic heterocycles. The molecule has 104 valence electrons. The molecule has 1 rings (SSSR count). The van der Waals surface area contributed by atoms with E-state index in [0.29, 0.717) is 26.1 Å².